The van der Waals surface area contributed by atoms with Crippen molar-refractivity contribution in [2.75, 3.05) is 0 Å². The molecule has 0 radical (unpaired) electrons. The molecule has 0 N–H and O–H groups in total. The van der Waals surface area contributed by atoms with Crippen LogP contribution in [0.15, 0.2) is 0 Å². The second kappa shape index (κ2) is 3.02. The molecule has 0 bridgehead atoms. The average molecular weight is 139 g/mol. The van der Waals surface area contributed by atoms with Gasteiger partial charge in [-0.05, 0) is 18.5 Å². The molecule has 0 aliphatic carbocycles. The molecule has 0 aliphatic heterocycles. The molecule has 0 fully saturated rings. The van der Waals surface area contributed by atoms with Crippen LogP contribution in [0.1, 0.15) is 13.8 Å². The van der Waals surface area contributed by atoms with Crippen LogP contribution in [0.4, 0.5) is 4.39 Å². The minimum atomic E-state index is -1.14. The summed E-state index contributed by atoms with van der Waals surface area (Å²) in [5.41, 5.74) is 0. The van der Waals surface area contributed by atoms with Gasteiger partial charge in [0.25, 0.3) is 0 Å². The zero-order valence-electron chi connectivity index (χ0n) is 4.82. The van der Waals surface area contributed by atoms with Gasteiger partial charge in [0.15, 0.2) is 0 Å². The van der Waals surface area contributed by atoms with Crippen molar-refractivity contribution in [2.24, 2.45) is 5.92 Å². The Kier molecular flexibility index (Phi) is 2.98. The van der Waals surface area contributed by atoms with Crippen LogP contribution in [-0.4, -0.2) is 11.4 Å². The van der Waals surface area contributed by atoms with E-state index in [4.69, 9.17) is 11.6 Å². The van der Waals surface area contributed by atoms with Gasteiger partial charge < -0.3 is 0 Å². The van der Waals surface area contributed by atoms with Crippen LogP contribution in [0.25, 0.3) is 0 Å². The number of halogens is 2. The van der Waals surface area contributed by atoms with Gasteiger partial charge in [0.2, 0.25) is 5.24 Å². The largest absolute Gasteiger partial charge is 0.281 e. The van der Waals surface area contributed by atoms with Crippen molar-refractivity contribution in [2.45, 2.75) is 20.0 Å². The van der Waals surface area contributed by atoms with Gasteiger partial charge >= 0.3 is 0 Å². The lowest BCUT2D eigenvalue weighted by molar-refractivity contribution is -0.116. The van der Waals surface area contributed by atoms with Gasteiger partial charge in [0, 0.05) is 0 Å². The molecular formula is C5H8ClFO. The zero-order valence-corrected chi connectivity index (χ0v) is 5.57. The second-order valence-electron chi connectivity index (χ2n) is 1.77. The monoisotopic (exact) mass is 138 g/mol. The lowest BCUT2D eigenvalue weighted by atomic mass is 10.1. The molecule has 0 amide bonds. The van der Waals surface area contributed by atoms with Crippen LogP contribution < -0.4 is 0 Å². The Labute approximate surface area is 52.8 Å². The Bertz CT molecular complexity index is 92.4. The van der Waals surface area contributed by atoms with Crippen molar-refractivity contribution in [1.29, 1.82) is 0 Å². The van der Waals surface area contributed by atoms with Gasteiger partial charge in [-0.25, -0.2) is 4.39 Å². The fraction of sp³-hybridized carbons (Fsp3) is 0.800. The van der Waals surface area contributed by atoms with Crippen molar-refractivity contribution in [3.63, 3.8) is 0 Å². The van der Waals surface area contributed by atoms with Crippen LogP contribution in [0, 0.1) is 5.92 Å². The van der Waals surface area contributed by atoms with E-state index in [-0.39, 0.29) is 0 Å². The molecule has 0 spiro atoms. The predicted octanol–water partition coefficient (Wildman–Crippen LogP) is 1.75. The maximum absolute atomic E-state index is 12.0. The summed E-state index contributed by atoms with van der Waals surface area (Å²) < 4.78 is 12.0. The normalized spacial score (nSPS) is 17.5. The molecule has 0 saturated heterocycles. The van der Waals surface area contributed by atoms with Gasteiger partial charge in [-0.1, -0.05) is 6.92 Å². The molecule has 0 rings (SSSR count). The van der Waals surface area contributed by atoms with Crippen LogP contribution >= 0.6 is 11.6 Å². The number of carbonyl (C=O) groups excluding carboxylic acids is 1. The Morgan fingerprint density at radius 3 is 2.00 bits per heavy atom. The number of hydrogen-bond acceptors (Lipinski definition) is 1. The summed E-state index contributed by atoms with van der Waals surface area (Å²) in [5.74, 6) is -0.670. The van der Waals surface area contributed by atoms with E-state index in [1.54, 1.807) is 0 Å². The lowest BCUT2D eigenvalue weighted by Gasteiger charge is -2.04. The molecule has 2 atom stereocenters. The Morgan fingerprint density at radius 1 is 1.62 bits per heavy atom. The molecule has 0 aromatic carbocycles. The summed E-state index contributed by atoms with van der Waals surface area (Å²) in [6.45, 7) is 2.77. The van der Waals surface area contributed by atoms with Crippen LogP contribution in [0.3, 0.4) is 0 Å². The first-order valence-electron chi connectivity index (χ1n) is 2.39. The number of alkyl halides is 1. The fourth-order valence-electron chi connectivity index (χ4n) is 0.181. The topological polar surface area (TPSA) is 17.1 Å². The third-order valence-electron chi connectivity index (χ3n) is 1.05. The average Bonchev–Trinajstić information content (AvgIpc) is 1.64. The Balaban J connectivity index is 3.64. The molecule has 1 unspecified atom stereocenters. The van der Waals surface area contributed by atoms with Crippen LogP contribution in [0.5, 0.6) is 0 Å². The number of hydrogen-bond donors (Lipinski definition) is 0. The van der Waals surface area contributed by atoms with Crippen LogP contribution in [0.2, 0.25) is 0 Å². The van der Waals surface area contributed by atoms with Crippen LogP contribution in [-0.2, 0) is 4.79 Å². The van der Waals surface area contributed by atoms with Crippen molar-refractivity contribution < 1.29 is 9.18 Å². The first-order chi connectivity index (χ1) is 3.55. The Hall–Kier alpha value is -0.110. The first-order valence-corrected chi connectivity index (χ1v) is 2.77. The van der Waals surface area contributed by atoms with E-state index in [9.17, 15) is 9.18 Å². The highest BCUT2D eigenvalue weighted by atomic mass is 35.5. The quantitative estimate of drug-likeness (QED) is 0.532. The molecule has 0 saturated carbocycles. The summed E-state index contributed by atoms with van der Waals surface area (Å²) in [7, 11) is 0. The van der Waals surface area contributed by atoms with E-state index in [0.29, 0.717) is 0 Å². The van der Waals surface area contributed by atoms with Gasteiger partial charge in [0.1, 0.15) is 6.17 Å². The van der Waals surface area contributed by atoms with Crippen molar-refractivity contribution in [3.8, 4) is 0 Å². The van der Waals surface area contributed by atoms with E-state index in [1.807, 2.05) is 0 Å². The van der Waals surface area contributed by atoms with Crippen molar-refractivity contribution in [3.05, 3.63) is 0 Å². The summed E-state index contributed by atoms with van der Waals surface area (Å²) in [5, 5.41) is -0.611. The third kappa shape index (κ3) is 2.26. The highest BCUT2D eigenvalue weighted by Gasteiger charge is 2.16. The fourth-order valence-corrected chi connectivity index (χ4v) is 0.354. The molecule has 8 heavy (non-hydrogen) atoms. The smallest absolute Gasteiger partial charge is 0.227 e. The second-order valence-corrected chi connectivity index (χ2v) is 2.14. The van der Waals surface area contributed by atoms with Crippen molar-refractivity contribution >= 4 is 16.8 Å². The Morgan fingerprint density at radius 2 is 2.00 bits per heavy atom. The van der Waals surface area contributed by atoms with E-state index in [2.05, 4.69) is 0 Å². The molecule has 0 heterocycles. The number of carbonyl (C=O) groups is 1. The third-order valence-corrected chi connectivity index (χ3v) is 1.39. The first kappa shape index (κ1) is 7.89. The summed E-state index contributed by atoms with van der Waals surface area (Å²) >= 11 is 4.94. The SMILES string of the molecule is CC(F)[C@H](C)C(=O)Cl. The lowest BCUT2D eigenvalue weighted by Crippen LogP contribution is -2.14. The maximum Gasteiger partial charge on any atom is 0.227 e. The maximum atomic E-state index is 12.0. The minimum absolute atomic E-state index is 0.611. The van der Waals surface area contributed by atoms with E-state index in [0.717, 1.165) is 0 Å². The standard InChI is InChI=1S/C5H8ClFO/c1-3(4(2)7)5(6)8/h3-4H,1-2H3/t3-,4?/m0/s1. The number of rotatable bonds is 2. The highest BCUT2D eigenvalue weighted by molar-refractivity contribution is 6.64. The van der Waals surface area contributed by atoms with Gasteiger partial charge in [-0.15, -0.1) is 0 Å². The summed E-state index contributed by atoms with van der Waals surface area (Å²) in [6.07, 6.45) is -1.14. The molecule has 48 valence electrons. The molecule has 0 aromatic heterocycles. The molecule has 0 aromatic rings. The highest BCUT2D eigenvalue weighted by Crippen LogP contribution is 2.08. The molecule has 0 aliphatic rings. The summed E-state index contributed by atoms with van der Waals surface area (Å²) in [4.78, 5) is 10.1. The van der Waals surface area contributed by atoms with E-state index >= 15 is 0 Å². The van der Waals surface area contributed by atoms with E-state index in [1.165, 1.54) is 13.8 Å². The molecule has 1 nitrogen and oxygen atoms in total. The molecular weight excluding hydrogens is 131 g/mol. The van der Waals surface area contributed by atoms with Gasteiger partial charge in [-0.3, -0.25) is 4.79 Å². The predicted molar refractivity (Wildman–Crippen MR) is 30.6 cm³/mol. The zero-order chi connectivity index (χ0) is 6.73. The summed E-state index contributed by atoms with van der Waals surface area (Å²) in [6, 6.07) is 0. The molecule has 3 heteroatoms. The van der Waals surface area contributed by atoms with Crippen molar-refractivity contribution in [1.82, 2.24) is 0 Å². The van der Waals surface area contributed by atoms with E-state index < -0.39 is 17.3 Å². The van der Waals surface area contributed by atoms with Gasteiger partial charge in [0.05, 0.1) is 5.92 Å². The van der Waals surface area contributed by atoms with Gasteiger partial charge in [-0.2, -0.15) is 0 Å². The minimum Gasteiger partial charge on any atom is -0.281 e.